The Balaban J connectivity index is 1.57. The van der Waals surface area contributed by atoms with Crippen molar-refractivity contribution in [2.45, 2.75) is 13.5 Å². The average molecular weight is 340 g/mol. The van der Waals surface area contributed by atoms with Crippen LogP contribution in [0.25, 0.3) is 5.65 Å². The summed E-state index contributed by atoms with van der Waals surface area (Å²) >= 11 is 0. The van der Waals surface area contributed by atoms with E-state index in [0.29, 0.717) is 18.8 Å². The summed E-state index contributed by atoms with van der Waals surface area (Å²) in [5, 5.41) is 4.16. The Bertz CT molecular complexity index is 945. The third-order valence-electron chi connectivity index (χ3n) is 3.88. The van der Waals surface area contributed by atoms with Crippen LogP contribution in [0.4, 0.5) is 0 Å². The SMILES string of the molecule is Cc1cccc(OCCN(C)C(=O)Cn2nc3ccccn3c2=O)c1. The second-order valence-corrected chi connectivity index (χ2v) is 5.85. The number of rotatable bonds is 6. The van der Waals surface area contributed by atoms with Gasteiger partial charge in [0.25, 0.3) is 0 Å². The van der Waals surface area contributed by atoms with Gasteiger partial charge in [0.15, 0.2) is 5.65 Å². The van der Waals surface area contributed by atoms with Crippen LogP contribution in [0.5, 0.6) is 5.75 Å². The Morgan fingerprint density at radius 2 is 2.08 bits per heavy atom. The van der Waals surface area contributed by atoms with E-state index < -0.39 is 0 Å². The molecule has 3 rings (SSSR count). The second-order valence-electron chi connectivity index (χ2n) is 5.85. The predicted molar refractivity (Wildman–Crippen MR) is 93.8 cm³/mol. The van der Waals surface area contributed by atoms with E-state index in [1.807, 2.05) is 31.2 Å². The molecular weight excluding hydrogens is 320 g/mol. The normalized spacial score (nSPS) is 10.8. The smallest absolute Gasteiger partial charge is 0.350 e. The van der Waals surface area contributed by atoms with E-state index >= 15 is 0 Å². The van der Waals surface area contributed by atoms with Gasteiger partial charge in [0, 0.05) is 13.2 Å². The maximum atomic E-state index is 12.3. The van der Waals surface area contributed by atoms with Gasteiger partial charge in [0.2, 0.25) is 5.91 Å². The highest BCUT2D eigenvalue weighted by atomic mass is 16.5. The number of pyridine rings is 1. The quantitative estimate of drug-likeness (QED) is 0.679. The topological polar surface area (TPSA) is 68.8 Å². The van der Waals surface area contributed by atoms with Gasteiger partial charge in [0.1, 0.15) is 18.9 Å². The number of carbonyl (C=O) groups excluding carboxylic acids is 1. The molecule has 0 fully saturated rings. The lowest BCUT2D eigenvalue weighted by Gasteiger charge is -2.17. The first-order valence-electron chi connectivity index (χ1n) is 8.02. The number of fused-ring (bicyclic) bond motifs is 1. The first-order valence-corrected chi connectivity index (χ1v) is 8.02. The van der Waals surface area contributed by atoms with Crippen molar-refractivity contribution < 1.29 is 9.53 Å². The molecule has 0 atom stereocenters. The van der Waals surface area contributed by atoms with Gasteiger partial charge in [-0.3, -0.25) is 9.20 Å². The van der Waals surface area contributed by atoms with Crippen LogP contribution < -0.4 is 10.4 Å². The molecule has 0 aliphatic carbocycles. The van der Waals surface area contributed by atoms with Gasteiger partial charge < -0.3 is 9.64 Å². The number of ether oxygens (including phenoxy) is 1. The van der Waals surface area contributed by atoms with Crippen molar-refractivity contribution in [1.82, 2.24) is 19.1 Å². The summed E-state index contributed by atoms with van der Waals surface area (Å²) in [5.41, 5.74) is 1.31. The molecule has 0 spiro atoms. The number of amides is 1. The van der Waals surface area contributed by atoms with E-state index in [2.05, 4.69) is 5.10 Å². The molecule has 25 heavy (non-hydrogen) atoms. The van der Waals surface area contributed by atoms with Crippen molar-refractivity contribution in [2.75, 3.05) is 20.2 Å². The van der Waals surface area contributed by atoms with Gasteiger partial charge in [-0.25, -0.2) is 9.48 Å². The third kappa shape index (κ3) is 3.88. The Hall–Kier alpha value is -3.09. The van der Waals surface area contributed by atoms with Crippen molar-refractivity contribution in [3.05, 3.63) is 64.7 Å². The summed E-state index contributed by atoms with van der Waals surface area (Å²) in [5.74, 6) is 0.579. The standard InChI is InChI=1S/C18H20N4O3/c1-14-6-5-7-15(12-14)25-11-10-20(2)17(23)13-22-18(24)21-9-4-3-8-16(21)19-22/h3-9,12H,10-11,13H2,1-2H3. The highest BCUT2D eigenvalue weighted by molar-refractivity contribution is 5.75. The third-order valence-corrected chi connectivity index (χ3v) is 3.88. The largest absolute Gasteiger partial charge is 0.492 e. The number of aryl methyl sites for hydroxylation is 1. The summed E-state index contributed by atoms with van der Waals surface area (Å²) < 4.78 is 8.23. The van der Waals surface area contributed by atoms with Gasteiger partial charge in [-0.05, 0) is 36.8 Å². The highest BCUT2D eigenvalue weighted by Gasteiger charge is 2.14. The van der Waals surface area contributed by atoms with Crippen molar-refractivity contribution in [2.24, 2.45) is 0 Å². The molecule has 0 saturated carbocycles. The van der Waals surface area contributed by atoms with E-state index in [4.69, 9.17) is 4.74 Å². The molecule has 0 saturated heterocycles. The zero-order valence-electron chi connectivity index (χ0n) is 14.3. The van der Waals surface area contributed by atoms with Crippen LogP contribution in [0.1, 0.15) is 5.56 Å². The molecule has 2 heterocycles. The number of likely N-dealkylation sites (N-methyl/N-ethyl adjacent to an activating group) is 1. The summed E-state index contributed by atoms with van der Waals surface area (Å²) in [7, 11) is 1.68. The Morgan fingerprint density at radius 1 is 1.24 bits per heavy atom. The summed E-state index contributed by atoms with van der Waals surface area (Å²) in [6.45, 7) is 2.71. The van der Waals surface area contributed by atoms with Crippen molar-refractivity contribution in [1.29, 1.82) is 0 Å². The zero-order valence-corrected chi connectivity index (χ0v) is 14.3. The van der Waals surface area contributed by atoms with Crippen LogP contribution in [0.2, 0.25) is 0 Å². The molecule has 7 heteroatoms. The van der Waals surface area contributed by atoms with Gasteiger partial charge >= 0.3 is 5.69 Å². The monoisotopic (exact) mass is 340 g/mol. The fourth-order valence-electron chi connectivity index (χ4n) is 2.45. The Morgan fingerprint density at radius 3 is 2.84 bits per heavy atom. The molecule has 7 nitrogen and oxygen atoms in total. The van der Waals surface area contributed by atoms with Crippen LogP contribution in [-0.4, -0.2) is 45.2 Å². The molecule has 130 valence electrons. The molecule has 0 unspecified atom stereocenters. The second kappa shape index (κ2) is 7.21. The molecule has 0 bridgehead atoms. The molecule has 0 aliphatic heterocycles. The van der Waals surface area contributed by atoms with E-state index in [-0.39, 0.29) is 18.1 Å². The summed E-state index contributed by atoms with van der Waals surface area (Å²) in [6, 6.07) is 13.0. The van der Waals surface area contributed by atoms with E-state index in [1.165, 1.54) is 14.0 Å². The highest BCUT2D eigenvalue weighted by Crippen LogP contribution is 2.12. The van der Waals surface area contributed by atoms with Crippen LogP contribution in [0.15, 0.2) is 53.5 Å². The number of hydrogen-bond donors (Lipinski definition) is 0. The molecule has 3 aromatic rings. The molecule has 0 radical (unpaired) electrons. The van der Waals surface area contributed by atoms with E-state index in [9.17, 15) is 9.59 Å². The van der Waals surface area contributed by atoms with Gasteiger partial charge in [0.05, 0.1) is 6.54 Å². The lowest BCUT2D eigenvalue weighted by Crippen LogP contribution is -2.36. The number of nitrogens with zero attached hydrogens (tertiary/aromatic N) is 4. The fraction of sp³-hybridized carbons (Fsp3) is 0.278. The summed E-state index contributed by atoms with van der Waals surface area (Å²) in [6.07, 6.45) is 1.63. The molecule has 0 aliphatic rings. The lowest BCUT2D eigenvalue weighted by molar-refractivity contribution is -0.131. The molecule has 1 aromatic carbocycles. The minimum atomic E-state index is -0.326. The van der Waals surface area contributed by atoms with Crippen LogP contribution >= 0.6 is 0 Å². The molecule has 0 N–H and O–H groups in total. The average Bonchev–Trinajstić information content (AvgIpc) is 2.91. The van der Waals surface area contributed by atoms with Crippen molar-refractivity contribution in [3.8, 4) is 5.75 Å². The number of hydrogen-bond acceptors (Lipinski definition) is 4. The Kier molecular flexibility index (Phi) is 4.83. The number of aromatic nitrogens is 3. The lowest BCUT2D eigenvalue weighted by atomic mass is 10.2. The number of carbonyl (C=O) groups is 1. The van der Waals surface area contributed by atoms with Crippen LogP contribution in [0, 0.1) is 6.92 Å². The molecule has 2 aromatic heterocycles. The zero-order chi connectivity index (χ0) is 17.8. The van der Waals surface area contributed by atoms with Crippen molar-refractivity contribution >= 4 is 11.6 Å². The summed E-state index contributed by atoms with van der Waals surface area (Å²) in [4.78, 5) is 26.0. The first kappa shape index (κ1) is 16.8. The minimum Gasteiger partial charge on any atom is -0.492 e. The van der Waals surface area contributed by atoms with E-state index in [0.717, 1.165) is 11.3 Å². The maximum absolute atomic E-state index is 12.3. The fourth-order valence-corrected chi connectivity index (χ4v) is 2.45. The van der Waals surface area contributed by atoms with Crippen LogP contribution in [-0.2, 0) is 11.3 Å². The first-order chi connectivity index (χ1) is 12.0. The number of benzene rings is 1. The van der Waals surface area contributed by atoms with E-state index in [1.54, 1.807) is 31.4 Å². The predicted octanol–water partition coefficient (Wildman–Crippen LogP) is 1.34. The van der Waals surface area contributed by atoms with Gasteiger partial charge in [-0.15, -0.1) is 5.10 Å². The van der Waals surface area contributed by atoms with Gasteiger partial charge in [-0.2, -0.15) is 0 Å². The minimum absolute atomic E-state index is 0.0958. The molecular formula is C18H20N4O3. The van der Waals surface area contributed by atoms with Crippen molar-refractivity contribution in [3.63, 3.8) is 0 Å². The molecule has 1 amide bonds. The Labute approximate surface area is 145 Å². The van der Waals surface area contributed by atoms with Crippen LogP contribution in [0.3, 0.4) is 0 Å². The maximum Gasteiger partial charge on any atom is 0.350 e. The van der Waals surface area contributed by atoms with Gasteiger partial charge in [-0.1, -0.05) is 18.2 Å².